The molecular weight excluding hydrogens is 304 g/mol. The third kappa shape index (κ3) is 3.09. The Kier molecular flexibility index (Phi) is 4.74. The van der Waals surface area contributed by atoms with Crippen LogP contribution in [0, 0.1) is 6.92 Å². The van der Waals surface area contributed by atoms with Crippen LogP contribution >= 0.6 is 0 Å². The van der Waals surface area contributed by atoms with Crippen molar-refractivity contribution < 1.29 is 9.90 Å². The Morgan fingerprint density at radius 3 is 2.71 bits per heavy atom. The molecule has 0 amide bonds. The van der Waals surface area contributed by atoms with Gasteiger partial charge in [0.1, 0.15) is 11.9 Å². The number of nitrogens with zero attached hydrogens (tertiary/aromatic N) is 4. The first-order valence-corrected chi connectivity index (χ1v) is 8.39. The summed E-state index contributed by atoms with van der Waals surface area (Å²) >= 11 is 0. The number of hydrogen-bond acceptors (Lipinski definition) is 5. The van der Waals surface area contributed by atoms with E-state index >= 15 is 0 Å². The van der Waals surface area contributed by atoms with E-state index in [1.165, 1.54) is 0 Å². The molecule has 0 bridgehead atoms. The van der Waals surface area contributed by atoms with Crippen LogP contribution in [0.3, 0.4) is 0 Å². The van der Waals surface area contributed by atoms with Crippen molar-refractivity contribution in [3.05, 3.63) is 35.8 Å². The van der Waals surface area contributed by atoms with Gasteiger partial charge in [0.15, 0.2) is 5.82 Å². The molecule has 0 aliphatic carbocycles. The number of aromatic nitrogens is 3. The first kappa shape index (κ1) is 16.4. The van der Waals surface area contributed by atoms with E-state index in [2.05, 4.69) is 16.9 Å². The van der Waals surface area contributed by atoms with E-state index in [1.807, 2.05) is 24.0 Å². The number of carbonyl (C=O) groups is 1. The van der Waals surface area contributed by atoms with Crippen molar-refractivity contribution in [2.24, 2.45) is 0 Å². The second-order valence-electron chi connectivity index (χ2n) is 6.07. The van der Waals surface area contributed by atoms with E-state index < -0.39 is 12.0 Å². The lowest BCUT2D eigenvalue weighted by Crippen LogP contribution is -2.45. The van der Waals surface area contributed by atoms with Gasteiger partial charge in [0.25, 0.3) is 0 Å². The third-order valence-electron chi connectivity index (χ3n) is 4.54. The highest BCUT2D eigenvalue weighted by Gasteiger charge is 2.31. The molecule has 1 fully saturated rings. The minimum atomic E-state index is -0.779. The van der Waals surface area contributed by atoms with Crippen molar-refractivity contribution in [2.75, 3.05) is 11.4 Å². The summed E-state index contributed by atoms with van der Waals surface area (Å²) in [7, 11) is 0. The Labute approximate surface area is 141 Å². The third-order valence-corrected chi connectivity index (χ3v) is 4.54. The molecule has 2 aromatic heterocycles. The van der Waals surface area contributed by atoms with Gasteiger partial charge in [-0.25, -0.2) is 14.8 Å². The number of aryl methyl sites for hydroxylation is 1. The van der Waals surface area contributed by atoms with E-state index in [0.717, 1.165) is 48.4 Å². The lowest BCUT2D eigenvalue weighted by atomic mass is 10.0. The van der Waals surface area contributed by atoms with Gasteiger partial charge in [-0.1, -0.05) is 6.92 Å². The van der Waals surface area contributed by atoms with Gasteiger partial charge in [0, 0.05) is 35.8 Å². The first-order valence-electron chi connectivity index (χ1n) is 8.39. The van der Waals surface area contributed by atoms with Crippen molar-refractivity contribution in [3.63, 3.8) is 0 Å². The van der Waals surface area contributed by atoms with Gasteiger partial charge in [0.2, 0.25) is 0 Å². The highest BCUT2D eigenvalue weighted by Crippen LogP contribution is 2.30. The lowest BCUT2D eigenvalue weighted by molar-refractivity contribution is -0.139. The van der Waals surface area contributed by atoms with Crippen LogP contribution in [0.5, 0.6) is 0 Å². The predicted molar refractivity (Wildman–Crippen MR) is 92.0 cm³/mol. The molecule has 2 aromatic rings. The van der Waals surface area contributed by atoms with Crippen LogP contribution in [0.2, 0.25) is 0 Å². The zero-order valence-corrected chi connectivity index (χ0v) is 14.1. The molecule has 24 heavy (non-hydrogen) atoms. The molecule has 1 saturated heterocycles. The molecule has 126 valence electrons. The zero-order valence-electron chi connectivity index (χ0n) is 14.1. The summed E-state index contributed by atoms with van der Waals surface area (Å²) in [5.41, 5.74) is 2.82. The van der Waals surface area contributed by atoms with Gasteiger partial charge in [-0.3, -0.25) is 4.98 Å². The molecular formula is C18H22N4O2. The van der Waals surface area contributed by atoms with E-state index in [0.29, 0.717) is 12.2 Å². The van der Waals surface area contributed by atoms with Crippen LogP contribution in [0.15, 0.2) is 24.5 Å². The monoisotopic (exact) mass is 326 g/mol. The molecule has 6 heteroatoms. The quantitative estimate of drug-likeness (QED) is 0.930. The summed E-state index contributed by atoms with van der Waals surface area (Å²) in [6.07, 6.45) is 6.79. The van der Waals surface area contributed by atoms with Crippen LogP contribution in [-0.4, -0.2) is 38.6 Å². The maximum Gasteiger partial charge on any atom is 0.326 e. The Hall–Kier alpha value is -2.50. The Balaban J connectivity index is 2.11. The summed E-state index contributed by atoms with van der Waals surface area (Å²) in [6.45, 7) is 4.74. The van der Waals surface area contributed by atoms with Gasteiger partial charge in [-0.2, -0.15) is 0 Å². The van der Waals surface area contributed by atoms with Crippen molar-refractivity contribution in [3.8, 4) is 11.4 Å². The molecule has 1 unspecified atom stereocenters. The average molecular weight is 326 g/mol. The Bertz CT molecular complexity index is 733. The molecule has 0 aromatic carbocycles. The van der Waals surface area contributed by atoms with Gasteiger partial charge >= 0.3 is 5.97 Å². The summed E-state index contributed by atoms with van der Waals surface area (Å²) in [6, 6.07) is 3.23. The predicted octanol–water partition coefficient (Wildman–Crippen LogP) is 2.85. The van der Waals surface area contributed by atoms with E-state index in [-0.39, 0.29) is 0 Å². The van der Waals surface area contributed by atoms with Crippen LogP contribution in [0.4, 0.5) is 5.82 Å². The van der Waals surface area contributed by atoms with E-state index in [1.54, 1.807) is 12.4 Å². The normalized spacial score (nSPS) is 17.8. The number of pyridine rings is 1. The summed E-state index contributed by atoms with van der Waals surface area (Å²) in [5.74, 6) is 0.610. The van der Waals surface area contributed by atoms with Crippen molar-refractivity contribution in [1.29, 1.82) is 0 Å². The summed E-state index contributed by atoms with van der Waals surface area (Å²) in [4.78, 5) is 27.0. The molecule has 1 N–H and O–H groups in total. The van der Waals surface area contributed by atoms with Crippen LogP contribution in [-0.2, 0) is 11.2 Å². The fourth-order valence-electron chi connectivity index (χ4n) is 3.30. The zero-order chi connectivity index (χ0) is 17.1. The molecule has 3 heterocycles. The minimum absolute atomic E-state index is 0.511. The first-order chi connectivity index (χ1) is 11.6. The van der Waals surface area contributed by atoms with E-state index in [4.69, 9.17) is 4.98 Å². The number of hydrogen-bond donors (Lipinski definition) is 1. The standard InChI is InChI=1S/C18H22N4O2/c1-3-14-12(2)20-16(13-7-9-19-10-8-13)21-17(14)22-11-5-4-6-15(22)18(23)24/h7-10,15H,3-6,11H2,1-2H3,(H,23,24). The second kappa shape index (κ2) is 6.95. The highest BCUT2D eigenvalue weighted by molar-refractivity contribution is 5.78. The number of carboxylic acids is 1. The molecule has 1 aliphatic rings. The van der Waals surface area contributed by atoms with Crippen LogP contribution in [0.25, 0.3) is 11.4 Å². The van der Waals surface area contributed by atoms with Crippen LogP contribution in [0.1, 0.15) is 37.4 Å². The SMILES string of the molecule is CCc1c(C)nc(-c2ccncc2)nc1N1CCCCC1C(=O)O. The molecule has 6 nitrogen and oxygen atoms in total. The number of rotatable bonds is 4. The van der Waals surface area contributed by atoms with Gasteiger partial charge in [0.05, 0.1) is 0 Å². The molecule has 0 saturated carbocycles. The topological polar surface area (TPSA) is 79.2 Å². The largest absolute Gasteiger partial charge is 0.480 e. The Morgan fingerprint density at radius 2 is 2.04 bits per heavy atom. The lowest BCUT2D eigenvalue weighted by Gasteiger charge is -2.35. The van der Waals surface area contributed by atoms with Gasteiger partial charge in [-0.05, 0) is 44.7 Å². The number of anilines is 1. The average Bonchev–Trinajstić information content (AvgIpc) is 2.61. The molecule has 0 radical (unpaired) electrons. The highest BCUT2D eigenvalue weighted by atomic mass is 16.4. The maximum absolute atomic E-state index is 11.7. The molecule has 0 spiro atoms. The molecule has 1 atom stereocenters. The molecule has 1 aliphatic heterocycles. The number of aliphatic carboxylic acids is 1. The second-order valence-corrected chi connectivity index (χ2v) is 6.07. The minimum Gasteiger partial charge on any atom is -0.480 e. The Morgan fingerprint density at radius 1 is 1.29 bits per heavy atom. The summed E-state index contributed by atoms with van der Waals surface area (Å²) < 4.78 is 0. The fraction of sp³-hybridized carbons (Fsp3) is 0.444. The van der Waals surface area contributed by atoms with E-state index in [9.17, 15) is 9.90 Å². The smallest absolute Gasteiger partial charge is 0.326 e. The van der Waals surface area contributed by atoms with Gasteiger partial charge < -0.3 is 10.0 Å². The molecule has 3 rings (SSSR count). The maximum atomic E-state index is 11.7. The van der Waals surface area contributed by atoms with Gasteiger partial charge in [-0.15, -0.1) is 0 Å². The van der Waals surface area contributed by atoms with Crippen molar-refractivity contribution in [2.45, 2.75) is 45.6 Å². The van der Waals surface area contributed by atoms with Crippen molar-refractivity contribution >= 4 is 11.8 Å². The fourth-order valence-corrected chi connectivity index (χ4v) is 3.30. The van der Waals surface area contributed by atoms with Crippen LogP contribution < -0.4 is 4.90 Å². The number of piperidine rings is 1. The number of carboxylic acid groups (broad SMARTS) is 1. The van der Waals surface area contributed by atoms with Crippen molar-refractivity contribution in [1.82, 2.24) is 15.0 Å². The summed E-state index contributed by atoms with van der Waals surface area (Å²) in [5, 5.41) is 9.60.